The highest BCUT2D eigenvalue weighted by molar-refractivity contribution is 5.94. The molecule has 1 heterocycles. The maximum atomic E-state index is 12.7. The van der Waals surface area contributed by atoms with Crippen molar-refractivity contribution in [3.8, 4) is 5.75 Å². The molecule has 0 unspecified atom stereocenters. The zero-order chi connectivity index (χ0) is 16.9. The van der Waals surface area contributed by atoms with E-state index in [9.17, 15) is 4.79 Å². The highest BCUT2D eigenvalue weighted by atomic mass is 16.5. The van der Waals surface area contributed by atoms with Crippen LogP contribution in [0, 0.1) is 5.92 Å². The molecule has 0 spiro atoms. The fourth-order valence-corrected chi connectivity index (χ4v) is 2.86. The summed E-state index contributed by atoms with van der Waals surface area (Å²) in [6.45, 7) is 6.78. The highest BCUT2D eigenvalue weighted by Crippen LogP contribution is 2.25. The summed E-state index contributed by atoms with van der Waals surface area (Å²) in [5.74, 6) is 1.02. The van der Waals surface area contributed by atoms with Crippen LogP contribution in [0.15, 0.2) is 48.5 Å². The third kappa shape index (κ3) is 3.77. The first-order valence-electron chi connectivity index (χ1n) is 8.47. The number of para-hydroxylation sites is 1. The minimum Gasteiger partial charge on any atom is -0.492 e. The lowest BCUT2D eigenvalue weighted by Gasteiger charge is -2.25. The summed E-state index contributed by atoms with van der Waals surface area (Å²) in [7, 11) is 0. The van der Waals surface area contributed by atoms with Crippen molar-refractivity contribution in [2.24, 2.45) is 5.92 Å². The van der Waals surface area contributed by atoms with E-state index in [1.165, 1.54) is 0 Å². The van der Waals surface area contributed by atoms with Crippen molar-refractivity contribution in [3.05, 3.63) is 59.7 Å². The number of hydrogen-bond acceptors (Lipinski definition) is 3. The summed E-state index contributed by atoms with van der Waals surface area (Å²) in [5, 5.41) is 3.35. The summed E-state index contributed by atoms with van der Waals surface area (Å²) >= 11 is 0. The Labute approximate surface area is 143 Å². The van der Waals surface area contributed by atoms with Gasteiger partial charge in [-0.3, -0.25) is 4.79 Å². The maximum absolute atomic E-state index is 12.7. The zero-order valence-corrected chi connectivity index (χ0v) is 14.3. The van der Waals surface area contributed by atoms with Gasteiger partial charge in [0.1, 0.15) is 12.4 Å². The van der Waals surface area contributed by atoms with Gasteiger partial charge in [-0.15, -0.1) is 0 Å². The number of nitrogens with one attached hydrogen (secondary N) is 1. The molecule has 2 aromatic rings. The van der Waals surface area contributed by atoms with Crippen molar-refractivity contribution in [1.82, 2.24) is 5.32 Å². The van der Waals surface area contributed by atoms with Crippen LogP contribution in [0.2, 0.25) is 0 Å². The first-order chi connectivity index (χ1) is 11.6. The summed E-state index contributed by atoms with van der Waals surface area (Å²) in [4.78, 5) is 14.5. The lowest BCUT2D eigenvalue weighted by atomic mass is 10.1. The molecule has 0 aromatic heterocycles. The van der Waals surface area contributed by atoms with Crippen LogP contribution >= 0.6 is 0 Å². The number of benzene rings is 2. The lowest BCUT2D eigenvalue weighted by molar-refractivity contribution is -0.121. The Morgan fingerprint density at radius 1 is 1.21 bits per heavy atom. The number of nitrogens with zero attached hydrogens (tertiary/aromatic N) is 1. The van der Waals surface area contributed by atoms with Gasteiger partial charge in [0, 0.05) is 30.3 Å². The van der Waals surface area contributed by atoms with E-state index in [2.05, 4.69) is 11.4 Å². The van der Waals surface area contributed by atoms with Gasteiger partial charge < -0.3 is 15.0 Å². The van der Waals surface area contributed by atoms with Crippen molar-refractivity contribution < 1.29 is 9.53 Å². The smallest absolute Gasteiger partial charge is 0.229 e. The molecule has 1 aliphatic rings. The normalized spacial score (nSPS) is 13.8. The molecule has 1 amide bonds. The van der Waals surface area contributed by atoms with Crippen LogP contribution in [-0.2, 0) is 17.9 Å². The molecule has 1 aliphatic heterocycles. The van der Waals surface area contributed by atoms with Gasteiger partial charge in [0.05, 0.1) is 6.54 Å². The zero-order valence-electron chi connectivity index (χ0n) is 14.3. The van der Waals surface area contributed by atoms with Gasteiger partial charge in [0.2, 0.25) is 5.91 Å². The Hall–Kier alpha value is -2.33. The minimum atomic E-state index is -0.0453. The minimum absolute atomic E-state index is 0.0453. The van der Waals surface area contributed by atoms with Crippen LogP contribution in [0.1, 0.15) is 25.0 Å². The topological polar surface area (TPSA) is 41.6 Å². The summed E-state index contributed by atoms with van der Waals surface area (Å²) in [6.07, 6.45) is 0. The second-order valence-electron chi connectivity index (χ2n) is 6.38. The van der Waals surface area contributed by atoms with Crippen LogP contribution in [0.25, 0.3) is 0 Å². The number of hydrogen-bond donors (Lipinski definition) is 1. The molecule has 0 aliphatic carbocycles. The van der Waals surface area contributed by atoms with Crippen molar-refractivity contribution in [3.63, 3.8) is 0 Å². The van der Waals surface area contributed by atoms with E-state index in [-0.39, 0.29) is 11.8 Å². The second kappa shape index (κ2) is 7.49. The Kier molecular flexibility index (Phi) is 5.16. The largest absolute Gasteiger partial charge is 0.492 e. The van der Waals surface area contributed by atoms with Gasteiger partial charge in [0.25, 0.3) is 0 Å². The Balaban J connectivity index is 1.87. The summed E-state index contributed by atoms with van der Waals surface area (Å²) < 4.78 is 5.74. The van der Waals surface area contributed by atoms with Crippen molar-refractivity contribution in [2.75, 3.05) is 18.1 Å². The fraction of sp³-hybridized carbons (Fsp3) is 0.350. The van der Waals surface area contributed by atoms with Gasteiger partial charge in [-0.2, -0.15) is 0 Å². The first kappa shape index (κ1) is 16.5. The molecular formula is C20H24N2O2. The molecule has 2 aromatic carbocycles. The number of ether oxygens (including phenoxy) is 1. The number of carbonyl (C=O) groups is 1. The molecule has 1 N–H and O–H groups in total. The molecule has 0 saturated heterocycles. The van der Waals surface area contributed by atoms with Crippen molar-refractivity contribution in [2.45, 2.75) is 26.9 Å². The second-order valence-corrected chi connectivity index (χ2v) is 6.38. The van der Waals surface area contributed by atoms with E-state index in [0.29, 0.717) is 13.2 Å². The molecule has 126 valence electrons. The van der Waals surface area contributed by atoms with E-state index >= 15 is 0 Å². The average Bonchev–Trinajstić information content (AvgIpc) is 2.84. The van der Waals surface area contributed by atoms with E-state index in [1.807, 2.05) is 61.2 Å². The molecule has 0 radical (unpaired) electrons. The maximum Gasteiger partial charge on any atom is 0.229 e. The van der Waals surface area contributed by atoms with Crippen LogP contribution in [-0.4, -0.2) is 19.1 Å². The molecule has 24 heavy (non-hydrogen) atoms. The van der Waals surface area contributed by atoms with Gasteiger partial charge in [0.15, 0.2) is 0 Å². The van der Waals surface area contributed by atoms with Crippen molar-refractivity contribution >= 4 is 11.6 Å². The molecule has 4 heteroatoms. The average molecular weight is 324 g/mol. The molecular weight excluding hydrogens is 300 g/mol. The SMILES string of the molecule is CC(C)C(=O)N(Cc1ccc2c(c1)CNCCO2)c1ccccc1. The molecule has 0 bridgehead atoms. The van der Waals surface area contributed by atoms with Gasteiger partial charge >= 0.3 is 0 Å². The first-order valence-corrected chi connectivity index (χ1v) is 8.47. The predicted molar refractivity (Wildman–Crippen MR) is 96.1 cm³/mol. The van der Waals surface area contributed by atoms with E-state index in [4.69, 9.17) is 4.74 Å². The molecule has 0 atom stereocenters. The fourth-order valence-electron chi connectivity index (χ4n) is 2.86. The monoisotopic (exact) mass is 324 g/mol. The van der Waals surface area contributed by atoms with Gasteiger partial charge in [-0.25, -0.2) is 0 Å². The standard InChI is InChI=1S/C20H24N2O2/c1-15(2)20(23)22(18-6-4-3-5-7-18)14-16-8-9-19-17(12-16)13-21-10-11-24-19/h3-9,12,15,21H,10-11,13-14H2,1-2H3. The van der Waals surface area contributed by atoms with E-state index in [1.54, 1.807) is 0 Å². The van der Waals surface area contributed by atoms with E-state index in [0.717, 1.165) is 35.7 Å². The molecule has 0 saturated carbocycles. The lowest BCUT2D eigenvalue weighted by Crippen LogP contribution is -2.33. The summed E-state index contributed by atoms with van der Waals surface area (Å²) in [6, 6.07) is 16.1. The van der Waals surface area contributed by atoms with Crippen LogP contribution in [0.4, 0.5) is 5.69 Å². The Morgan fingerprint density at radius 3 is 2.75 bits per heavy atom. The third-order valence-corrected chi connectivity index (χ3v) is 4.15. The summed E-state index contributed by atoms with van der Waals surface area (Å²) in [5.41, 5.74) is 3.19. The van der Waals surface area contributed by atoms with Gasteiger partial charge in [-0.05, 0) is 29.8 Å². The molecule has 4 nitrogen and oxygen atoms in total. The highest BCUT2D eigenvalue weighted by Gasteiger charge is 2.20. The number of amides is 1. The Bertz CT molecular complexity index is 698. The van der Waals surface area contributed by atoms with E-state index < -0.39 is 0 Å². The van der Waals surface area contributed by atoms with Gasteiger partial charge in [-0.1, -0.05) is 38.1 Å². The van der Waals surface area contributed by atoms with Crippen LogP contribution in [0.3, 0.4) is 0 Å². The number of carbonyl (C=O) groups excluding carboxylic acids is 1. The number of anilines is 1. The number of rotatable bonds is 4. The predicted octanol–water partition coefficient (Wildman–Crippen LogP) is 3.36. The Morgan fingerprint density at radius 2 is 2.00 bits per heavy atom. The third-order valence-electron chi connectivity index (χ3n) is 4.15. The molecule has 0 fully saturated rings. The van der Waals surface area contributed by atoms with Crippen LogP contribution < -0.4 is 15.0 Å². The molecule has 3 rings (SSSR count). The van der Waals surface area contributed by atoms with Crippen LogP contribution in [0.5, 0.6) is 5.75 Å². The number of fused-ring (bicyclic) bond motifs is 1. The van der Waals surface area contributed by atoms with Crippen molar-refractivity contribution in [1.29, 1.82) is 0 Å². The quantitative estimate of drug-likeness (QED) is 0.938.